The quantitative estimate of drug-likeness (QED) is 0.134. The SMILES string of the molecule is Cc1noc(C)c1-c1ccc(NC2CCOCC2)c(NC(=O)C2CCC(=O)N2c2ccccc2)c1.Cc1noc(C)c1-c1ccc2c(c1)nc(C1CCC(=O)N1c1ccccc1)n2C1CCOCC1. The molecule has 0 radical (unpaired) electrons. The lowest BCUT2D eigenvalue weighted by atomic mass is 10.0. The van der Waals surface area contributed by atoms with Crippen molar-refractivity contribution in [2.24, 2.45) is 0 Å². The molecule has 15 nitrogen and oxygen atoms in total. The summed E-state index contributed by atoms with van der Waals surface area (Å²) < 4.78 is 24.3. The van der Waals surface area contributed by atoms with Gasteiger partial charge in [-0.15, -0.1) is 0 Å². The van der Waals surface area contributed by atoms with Crippen molar-refractivity contribution >= 4 is 51.5 Å². The van der Waals surface area contributed by atoms with Crippen LogP contribution in [0.1, 0.15) is 92.2 Å². The molecule has 4 aliphatic heterocycles. The van der Waals surface area contributed by atoms with Gasteiger partial charge in [-0.25, -0.2) is 4.98 Å². The van der Waals surface area contributed by atoms with Gasteiger partial charge in [0.2, 0.25) is 17.7 Å². The first-order chi connectivity index (χ1) is 33.6. The third-order valence-corrected chi connectivity index (χ3v) is 13.9. The fourth-order valence-electron chi connectivity index (χ4n) is 10.5. The van der Waals surface area contributed by atoms with E-state index >= 15 is 0 Å². The molecule has 0 aliphatic carbocycles. The van der Waals surface area contributed by atoms with E-state index in [1.807, 2.05) is 111 Å². The Morgan fingerprint density at radius 3 is 1.81 bits per heavy atom. The second kappa shape index (κ2) is 19.9. The molecule has 4 aromatic carbocycles. The van der Waals surface area contributed by atoms with Crippen molar-refractivity contribution in [1.29, 1.82) is 0 Å². The van der Waals surface area contributed by atoms with Gasteiger partial charge in [-0.2, -0.15) is 0 Å². The van der Waals surface area contributed by atoms with Gasteiger partial charge in [0.25, 0.3) is 0 Å². The van der Waals surface area contributed by atoms with Crippen molar-refractivity contribution in [3.8, 4) is 22.3 Å². The Labute approximate surface area is 401 Å². The number of nitrogens with zero attached hydrogens (tertiary/aromatic N) is 6. The molecular weight excluding hydrogens is 873 g/mol. The number of anilines is 4. The molecular formula is C54H58N8O7. The van der Waals surface area contributed by atoms with Crippen LogP contribution in [0.5, 0.6) is 0 Å². The predicted molar refractivity (Wildman–Crippen MR) is 264 cm³/mol. The van der Waals surface area contributed by atoms with E-state index < -0.39 is 6.04 Å². The van der Waals surface area contributed by atoms with Gasteiger partial charge in [0.15, 0.2) is 0 Å². The van der Waals surface area contributed by atoms with E-state index in [1.54, 1.807) is 4.90 Å². The number of carbonyl (C=O) groups is 3. The third kappa shape index (κ3) is 9.28. The van der Waals surface area contributed by atoms with Crippen LogP contribution in [0.4, 0.5) is 22.7 Å². The molecule has 0 bridgehead atoms. The number of carbonyl (C=O) groups excluding carboxylic acids is 3. The number of aryl methyl sites for hydroxylation is 4. The van der Waals surface area contributed by atoms with Gasteiger partial charge in [0.1, 0.15) is 23.4 Å². The number of rotatable bonds is 10. The summed E-state index contributed by atoms with van der Waals surface area (Å²) >= 11 is 0. The standard InChI is InChI=1S/C27H30N4O4.C27H28N4O3/c1-17-26(18(2)35-30-17)19-8-9-22(28-20-12-14-34-15-13-20)23(16-19)29-27(33)24-10-11-25(32)31(24)21-6-4-3-5-7-21;1-17-26(18(2)34-29-17)19-8-9-23-22(16-19)28-27(31(23)21-12-14-33-15-13-21)24-10-11-25(32)30(24)20-6-4-3-5-7-20/h3-9,16,20,24,28H,10-15H2,1-2H3,(H,29,33);3-9,16,21,24H,10-15H2,1-2H3. The Hall–Kier alpha value is -7.10. The first-order valence-corrected chi connectivity index (χ1v) is 24.1. The highest BCUT2D eigenvalue weighted by Crippen LogP contribution is 2.42. The van der Waals surface area contributed by atoms with Gasteiger partial charge in [0.05, 0.1) is 39.8 Å². The third-order valence-electron chi connectivity index (χ3n) is 13.9. The van der Waals surface area contributed by atoms with E-state index in [4.69, 9.17) is 23.5 Å². The maximum Gasteiger partial charge on any atom is 0.247 e. The topological polar surface area (TPSA) is 170 Å². The predicted octanol–water partition coefficient (Wildman–Crippen LogP) is 10.2. The summed E-state index contributed by atoms with van der Waals surface area (Å²) in [5, 5.41) is 14.9. The number of amides is 3. The minimum Gasteiger partial charge on any atom is -0.381 e. The zero-order valence-corrected chi connectivity index (χ0v) is 39.6. The lowest BCUT2D eigenvalue weighted by Gasteiger charge is -2.30. The fourth-order valence-corrected chi connectivity index (χ4v) is 10.5. The van der Waals surface area contributed by atoms with Gasteiger partial charge in [-0.05, 0) is 126 Å². The van der Waals surface area contributed by atoms with Crippen LogP contribution < -0.4 is 20.4 Å². The van der Waals surface area contributed by atoms with E-state index in [-0.39, 0.29) is 29.8 Å². The highest BCUT2D eigenvalue weighted by atomic mass is 16.5. The number of hydrogen-bond acceptors (Lipinski definition) is 11. The van der Waals surface area contributed by atoms with Crippen LogP contribution in [0.2, 0.25) is 0 Å². The molecule has 69 heavy (non-hydrogen) atoms. The lowest BCUT2D eigenvalue weighted by molar-refractivity contribution is -0.120. The van der Waals surface area contributed by atoms with Gasteiger partial charge in [0, 0.05) is 73.9 Å². The number of ether oxygens (including phenoxy) is 2. The molecule has 4 aliphatic rings. The molecule has 3 aromatic heterocycles. The summed E-state index contributed by atoms with van der Waals surface area (Å²) in [6, 6.07) is 31.6. The van der Waals surface area contributed by atoms with E-state index in [1.165, 1.54) is 0 Å². The molecule has 11 rings (SSSR count). The van der Waals surface area contributed by atoms with Gasteiger partial charge < -0.3 is 38.6 Å². The maximum atomic E-state index is 13.5. The van der Waals surface area contributed by atoms with Crippen molar-refractivity contribution in [2.45, 2.75) is 103 Å². The van der Waals surface area contributed by atoms with Crippen LogP contribution in [0.25, 0.3) is 33.3 Å². The smallest absolute Gasteiger partial charge is 0.247 e. The number of hydrogen-bond donors (Lipinski definition) is 2. The summed E-state index contributed by atoms with van der Waals surface area (Å²) in [6.07, 6.45) is 5.80. The number of para-hydroxylation sites is 2. The van der Waals surface area contributed by atoms with Crippen LogP contribution in [0.15, 0.2) is 106 Å². The van der Waals surface area contributed by atoms with Crippen molar-refractivity contribution < 1.29 is 32.9 Å². The average Bonchev–Trinajstić information content (AvgIpc) is 4.21. The molecule has 2 unspecified atom stereocenters. The molecule has 0 spiro atoms. The first-order valence-electron chi connectivity index (χ1n) is 24.1. The average molecular weight is 931 g/mol. The van der Waals surface area contributed by atoms with Crippen molar-refractivity contribution in [3.63, 3.8) is 0 Å². The number of nitrogens with one attached hydrogen (secondary N) is 2. The highest BCUT2D eigenvalue weighted by Gasteiger charge is 2.39. The van der Waals surface area contributed by atoms with Crippen LogP contribution in [0.3, 0.4) is 0 Å². The molecule has 3 amide bonds. The number of imidazole rings is 1. The minimum atomic E-state index is -0.566. The molecule has 4 fully saturated rings. The van der Waals surface area contributed by atoms with E-state index in [2.05, 4.69) is 43.7 Å². The number of benzene rings is 4. The summed E-state index contributed by atoms with van der Waals surface area (Å²) in [7, 11) is 0. The normalized spacial score (nSPS) is 19.0. The van der Waals surface area contributed by atoms with Crippen LogP contribution in [-0.4, -0.2) is 76.1 Å². The van der Waals surface area contributed by atoms with Crippen molar-refractivity contribution in [3.05, 3.63) is 126 Å². The van der Waals surface area contributed by atoms with Gasteiger partial charge in [-0.1, -0.05) is 58.8 Å². The van der Waals surface area contributed by atoms with Crippen LogP contribution in [0, 0.1) is 27.7 Å². The number of aromatic nitrogens is 4. The van der Waals surface area contributed by atoms with E-state index in [0.29, 0.717) is 44.2 Å². The van der Waals surface area contributed by atoms with Crippen molar-refractivity contribution in [2.75, 3.05) is 46.9 Å². The Balaban J connectivity index is 0.000000160. The molecule has 2 atom stereocenters. The van der Waals surface area contributed by atoms with Crippen molar-refractivity contribution in [1.82, 2.24) is 19.9 Å². The molecule has 0 saturated carbocycles. The summed E-state index contributed by atoms with van der Waals surface area (Å²) in [6.45, 7) is 10.6. The fraction of sp³-hybridized carbons (Fsp3) is 0.370. The molecule has 15 heteroatoms. The zero-order chi connectivity index (χ0) is 47.6. The van der Waals surface area contributed by atoms with E-state index in [9.17, 15) is 14.4 Å². The highest BCUT2D eigenvalue weighted by molar-refractivity contribution is 6.08. The number of fused-ring (bicyclic) bond motifs is 1. The molecule has 2 N–H and O–H groups in total. The largest absolute Gasteiger partial charge is 0.381 e. The van der Waals surface area contributed by atoms with Gasteiger partial charge in [-0.3, -0.25) is 19.3 Å². The summed E-state index contributed by atoms with van der Waals surface area (Å²) in [4.78, 5) is 47.9. The Morgan fingerprint density at radius 1 is 0.623 bits per heavy atom. The molecule has 356 valence electrons. The zero-order valence-electron chi connectivity index (χ0n) is 39.6. The Bertz CT molecular complexity index is 2930. The minimum absolute atomic E-state index is 0.0404. The Morgan fingerprint density at radius 2 is 1.19 bits per heavy atom. The monoisotopic (exact) mass is 930 g/mol. The summed E-state index contributed by atoms with van der Waals surface area (Å²) in [5.74, 6) is 2.40. The summed E-state index contributed by atoms with van der Waals surface area (Å²) in [5.41, 5.74) is 10.8. The first kappa shape index (κ1) is 45.7. The molecule has 7 heterocycles. The Kier molecular flexibility index (Phi) is 13.1. The molecule has 7 aromatic rings. The molecule has 4 saturated heterocycles. The van der Waals surface area contributed by atoms with Crippen LogP contribution >= 0.6 is 0 Å². The van der Waals surface area contributed by atoms with Crippen LogP contribution in [-0.2, 0) is 23.9 Å². The second-order valence-corrected chi connectivity index (χ2v) is 18.4. The lowest BCUT2D eigenvalue weighted by Crippen LogP contribution is -2.42. The van der Waals surface area contributed by atoms with Gasteiger partial charge >= 0.3 is 0 Å². The van der Waals surface area contributed by atoms with E-state index in [0.717, 1.165) is 124 Å². The maximum absolute atomic E-state index is 13.5. The second-order valence-electron chi connectivity index (χ2n) is 18.4.